The van der Waals surface area contributed by atoms with Crippen molar-refractivity contribution in [2.24, 2.45) is 5.16 Å². The van der Waals surface area contributed by atoms with Gasteiger partial charge in [0.15, 0.2) is 10.8 Å². The Morgan fingerprint density at radius 3 is 2.71 bits per heavy atom. The fraction of sp³-hybridized carbons (Fsp3) is 0.250. The Bertz CT molecular complexity index is 745. The van der Waals surface area contributed by atoms with Crippen molar-refractivity contribution in [3.63, 3.8) is 0 Å². The second-order valence-electron chi connectivity index (χ2n) is 5.39. The molecular weight excluding hydrogens is 330 g/mol. The lowest BCUT2D eigenvalue weighted by atomic mass is 9.93. The Morgan fingerprint density at radius 2 is 2.17 bits per heavy atom. The number of hydrogen-bond donors (Lipinski definition) is 2. The molecule has 0 fully saturated rings. The summed E-state index contributed by atoms with van der Waals surface area (Å²) in [6.45, 7) is 1.62. The van der Waals surface area contributed by atoms with Crippen molar-refractivity contribution < 1.29 is 19.5 Å². The summed E-state index contributed by atoms with van der Waals surface area (Å²) in [7, 11) is 0. The van der Waals surface area contributed by atoms with E-state index in [9.17, 15) is 9.59 Å². The number of hydrogen-bond acceptors (Lipinski definition) is 7. The van der Waals surface area contributed by atoms with Crippen LogP contribution in [0.15, 0.2) is 40.9 Å². The molecular formula is C16H16N3O4S. The average Bonchev–Trinajstić information content (AvgIpc) is 2.94. The molecule has 2 aromatic rings. The number of aliphatic carboxylic acids is 1. The van der Waals surface area contributed by atoms with Gasteiger partial charge in [-0.05, 0) is 12.5 Å². The molecule has 0 bridgehead atoms. The number of nitrogens with zero attached hydrogens (tertiary/aromatic N) is 2. The second kappa shape index (κ2) is 7.69. The van der Waals surface area contributed by atoms with E-state index in [1.54, 1.807) is 18.6 Å². The average molecular weight is 346 g/mol. The molecule has 7 nitrogen and oxygen atoms in total. The van der Waals surface area contributed by atoms with Gasteiger partial charge in [0.1, 0.15) is 11.3 Å². The van der Waals surface area contributed by atoms with Crippen LogP contribution < -0.4 is 5.73 Å². The molecule has 1 heterocycles. The number of carbonyl (C=O) groups excluding carboxylic acids is 1. The van der Waals surface area contributed by atoms with E-state index >= 15 is 0 Å². The third-order valence-electron chi connectivity index (χ3n) is 3.16. The van der Waals surface area contributed by atoms with Crippen LogP contribution in [0.25, 0.3) is 0 Å². The van der Waals surface area contributed by atoms with Gasteiger partial charge < -0.3 is 15.7 Å². The smallest absolute Gasteiger partial charge is 0.307 e. The first-order chi connectivity index (χ1) is 11.4. The lowest BCUT2D eigenvalue weighted by molar-refractivity contribution is -0.144. The molecule has 24 heavy (non-hydrogen) atoms. The topological polar surface area (TPSA) is 115 Å². The lowest BCUT2D eigenvalue weighted by Gasteiger charge is -2.25. The summed E-state index contributed by atoms with van der Waals surface area (Å²) < 4.78 is 0. The summed E-state index contributed by atoms with van der Waals surface area (Å²) in [4.78, 5) is 31.6. The van der Waals surface area contributed by atoms with Crippen LogP contribution in [0.1, 0.15) is 24.6 Å². The quantitative estimate of drug-likeness (QED) is 0.558. The summed E-state index contributed by atoms with van der Waals surface area (Å²) in [5.41, 5.74) is 5.37. The third-order valence-corrected chi connectivity index (χ3v) is 3.84. The number of thiazole rings is 1. The van der Waals surface area contributed by atoms with Crippen LogP contribution in [0.3, 0.4) is 0 Å². The Balaban J connectivity index is 2.22. The van der Waals surface area contributed by atoms with Gasteiger partial charge >= 0.3 is 5.97 Å². The van der Waals surface area contributed by atoms with Crippen molar-refractivity contribution in [1.29, 1.82) is 0 Å². The van der Waals surface area contributed by atoms with Crippen LogP contribution >= 0.6 is 11.3 Å². The maximum Gasteiger partial charge on any atom is 0.307 e. The number of nitrogens with two attached hydrogens (primary N) is 1. The van der Waals surface area contributed by atoms with E-state index in [4.69, 9.17) is 15.7 Å². The molecule has 125 valence electrons. The monoisotopic (exact) mass is 346 g/mol. The van der Waals surface area contributed by atoms with E-state index in [1.807, 2.05) is 30.3 Å². The molecule has 1 atom stereocenters. The number of carboxylic acids is 1. The molecule has 0 aliphatic carbocycles. The zero-order valence-corrected chi connectivity index (χ0v) is 13.7. The zero-order valence-electron chi connectivity index (χ0n) is 12.9. The summed E-state index contributed by atoms with van der Waals surface area (Å²) in [5.74, 6) is -1.03. The fourth-order valence-electron chi connectivity index (χ4n) is 2.14. The zero-order chi connectivity index (χ0) is 17.6. The standard InChI is InChI=1S/C16H16N3O4S/c1-16(8-14(21)22,7-11-5-3-2-4-6-11)23-19-12(9-20)13-10-24-15(17)18-13/h2-6,10H,7-8H2,1H3,(H2,17,18)(H,21,22)/b19-12+. The number of carbonyl (C=O) groups is 1. The number of benzene rings is 1. The second-order valence-corrected chi connectivity index (χ2v) is 6.28. The molecule has 0 aliphatic heterocycles. The summed E-state index contributed by atoms with van der Waals surface area (Å²) in [5, 5.41) is 14.7. The minimum absolute atomic E-state index is 0.160. The highest BCUT2D eigenvalue weighted by Crippen LogP contribution is 2.23. The molecule has 2 rings (SSSR count). The predicted octanol–water partition coefficient (Wildman–Crippen LogP) is 2.03. The minimum atomic E-state index is -1.13. The number of oxime groups is 1. The highest BCUT2D eigenvalue weighted by Gasteiger charge is 2.31. The van der Waals surface area contributed by atoms with Crippen LogP contribution in [0.4, 0.5) is 5.13 Å². The van der Waals surface area contributed by atoms with Gasteiger partial charge in [-0.25, -0.2) is 4.98 Å². The van der Waals surface area contributed by atoms with Crippen LogP contribution in [-0.2, 0) is 20.8 Å². The predicted molar refractivity (Wildman–Crippen MR) is 90.6 cm³/mol. The first-order valence-corrected chi connectivity index (χ1v) is 7.91. The van der Waals surface area contributed by atoms with Crippen LogP contribution in [0.2, 0.25) is 0 Å². The normalized spacial score (nSPS) is 14.0. The molecule has 8 heteroatoms. The van der Waals surface area contributed by atoms with Crippen molar-refractivity contribution >= 4 is 34.4 Å². The van der Waals surface area contributed by atoms with E-state index in [2.05, 4.69) is 10.1 Å². The fourth-order valence-corrected chi connectivity index (χ4v) is 2.69. The van der Waals surface area contributed by atoms with Crippen molar-refractivity contribution in [3.8, 4) is 0 Å². The third kappa shape index (κ3) is 4.88. The van der Waals surface area contributed by atoms with Gasteiger partial charge in [-0.1, -0.05) is 35.5 Å². The molecule has 3 N–H and O–H groups in total. The van der Waals surface area contributed by atoms with Gasteiger partial charge in [-0.15, -0.1) is 11.3 Å². The Labute approximate surface area is 142 Å². The molecule has 0 aliphatic rings. The molecule has 0 saturated heterocycles. The Hall–Kier alpha value is -2.74. The first kappa shape index (κ1) is 17.6. The van der Waals surface area contributed by atoms with Crippen LogP contribution in [-0.4, -0.2) is 33.7 Å². The Morgan fingerprint density at radius 1 is 1.46 bits per heavy atom. The van der Waals surface area contributed by atoms with Crippen molar-refractivity contribution in [1.82, 2.24) is 4.98 Å². The molecule has 1 aromatic heterocycles. The molecule has 0 amide bonds. The number of nitrogen functional groups attached to an aromatic ring is 1. The summed E-state index contributed by atoms with van der Waals surface area (Å²) in [6.07, 6.45) is 1.67. The largest absolute Gasteiger partial charge is 0.481 e. The summed E-state index contributed by atoms with van der Waals surface area (Å²) in [6, 6.07) is 9.29. The summed E-state index contributed by atoms with van der Waals surface area (Å²) >= 11 is 1.15. The van der Waals surface area contributed by atoms with Gasteiger partial charge in [-0.2, -0.15) is 0 Å². The molecule has 0 saturated carbocycles. The minimum Gasteiger partial charge on any atom is -0.481 e. The van der Waals surface area contributed by atoms with Crippen LogP contribution in [0, 0.1) is 0 Å². The SMILES string of the molecule is CC(CC(=O)O)(Cc1ccccc1)O/N=C(\[C]=O)c1csc(N)n1. The van der Waals surface area contributed by atoms with Crippen molar-refractivity contribution in [3.05, 3.63) is 47.0 Å². The highest BCUT2D eigenvalue weighted by atomic mass is 32.1. The maximum atomic E-state index is 11.2. The molecule has 1 unspecified atom stereocenters. The van der Waals surface area contributed by atoms with Gasteiger partial charge in [0.25, 0.3) is 6.29 Å². The molecule has 0 spiro atoms. The van der Waals surface area contributed by atoms with E-state index in [0.29, 0.717) is 6.42 Å². The lowest BCUT2D eigenvalue weighted by Crippen LogP contribution is -2.33. The van der Waals surface area contributed by atoms with Crippen LogP contribution in [0.5, 0.6) is 0 Å². The van der Waals surface area contributed by atoms with Gasteiger partial charge in [0.05, 0.1) is 6.42 Å². The molecule has 1 radical (unpaired) electrons. The Kier molecular flexibility index (Phi) is 5.64. The molecule has 1 aromatic carbocycles. The number of aromatic nitrogens is 1. The first-order valence-electron chi connectivity index (χ1n) is 7.03. The van der Waals surface area contributed by atoms with Crippen molar-refractivity contribution in [2.45, 2.75) is 25.4 Å². The van der Waals surface area contributed by atoms with E-state index in [1.165, 1.54) is 0 Å². The van der Waals surface area contributed by atoms with E-state index < -0.39 is 11.6 Å². The maximum absolute atomic E-state index is 11.2. The number of carboxylic acid groups (broad SMARTS) is 1. The van der Waals surface area contributed by atoms with Gasteiger partial charge in [0, 0.05) is 11.8 Å². The van der Waals surface area contributed by atoms with E-state index in [0.717, 1.165) is 16.9 Å². The van der Waals surface area contributed by atoms with E-state index in [-0.39, 0.29) is 23.0 Å². The number of anilines is 1. The van der Waals surface area contributed by atoms with Gasteiger partial charge in [0.2, 0.25) is 0 Å². The van der Waals surface area contributed by atoms with Crippen molar-refractivity contribution in [2.75, 3.05) is 5.73 Å². The highest BCUT2D eigenvalue weighted by molar-refractivity contribution is 7.13. The number of rotatable bonds is 8. The van der Waals surface area contributed by atoms with Gasteiger partial charge in [-0.3, -0.25) is 9.59 Å².